The number of anilines is 1. The highest BCUT2D eigenvalue weighted by atomic mass is 32.1. The smallest absolute Gasteiger partial charge is 0.204 e. The average Bonchev–Trinajstić information content (AvgIpc) is 3.19. The van der Waals surface area contributed by atoms with Crippen molar-refractivity contribution in [1.82, 2.24) is 4.98 Å². The molecule has 0 amide bonds. The number of nitrogens with one attached hydrogen (secondary N) is 1. The van der Waals surface area contributed by atoms with Gasteiger partial charge in [-0.25, -0.2) is 4.98 Å². The molecule has 4 aromatic rings. The number of aromatic nitrogens is 1. The number of hydrazone groups is 1. The van der Waals surface area contributed by atoms with E-state index in [-0.39, 0.29) is 5.75 Å². The van der Waals surface area contributed by atoms with Crippen LogP contribution in [0, 0.1) is 0 Å². The predicted molar refractivity (Wildman–Crippen MR) is 119 cm³/mol. The van der Waals surface area contributed by atoms with Crippen molar-refractivity contribution >= 4 is 22.7 Å². The van der Waals surface area contributed by atoms with Gasteiger partial charge in [-0.2, -0.15) is 5.10 Å². The van der Waals surface area contributed by atoms with E-state index in [4.69, 9.17) is 9.72 Å². The Hall–Kier alpha value is -3.64. The summed E-state index contributed by atoms with van der Waals surface area (Å²) < 4.78 is 5.06. The van der Waals surface area contributed by atoms with Crippen LogP contribution in [-0.2, 0) is 0 Å². The number of thiazole rings is 1. The normalized spacial score (nSPS) is 10.9. The van der Waals surface area contributed by atoms with Gasteiger partial charge in [0.1, 0.15) is 0 Å². The molecule has 144 valence electrons. The van der Waals surface area contributed by atoms with Gasteiger partial charge >= 0.3 is 0 Å². The minimum absolute atomic E-state index is 0.0726. The number of phenols is 1. The summed E-state index contributed by atoms with van der Waals surface area (Å²) in [7, 11) is 1.52. The molecule has 0 aliphatic carbocycles. The minimum atomic E-state index is 0.0726. The van der Waals surface area contributed by atoms with E-state index in [2.05, 4.69) is 34.8 Å². The maximum absolute atomic E-state index is 9.88. The summed E-state index contributed by atoms with van der Waals surface area (Å²) in [6.07, 6.45) is 1.63. The highest BCUT2D eigenvalue weighted by Gasteiger charge is 2.14. The average molecular weight is 401 g/mol. The Morgan fingerprint density at radius 3 is 2.31 bits per heavy atom. The van der Waals surface area contributed by atoms with E-state index in [0.717, 1.165) is 27.3 Å². The van der Waals surface area contributed by atoms with E-state index < -0.39 is 0 Å². The Morgan fingerprint density at radius 2 is 1.66 bits per heavy atom. The number of hydrogen-bond donors (Lipinski definition) is 2. The van der Waals surface area contributed by atoms with Crippen molar-refractivity contribution in [2.45, 2.75) is 0 Å². The maximum atomic E-state index is 9.88. The lowest BCUT2D eigenvalue weighted by atomic mass is 10.1. The molecule has 0 saturated heterocycles. The number of benzene rings is 3. The van der Waals surface area contributed by atoms with Crippen molar-refractivity contribution in [3.8, 4) is 33.2 Å². The first-order valence-corrected chi connectivity index (χ1v) is 9.84. The molecule has 0 radical (unpaired) electrons. The third-order valence-corrected chi connectivity index (χ3v) is 5.30. The number of ether oxygens (including phenoxy) is 1. The Bertz CT molecular complexity index is 1070. The second kappa shape index (κ2) is 8.58. The molecule has 1 heterocycles. The first-order chi connectivity index (χ1) is 14.2. The lowest BCUT2D eigenvalue weighted by molar-refractivity contribution is 0.373. The second-order valence-electron chi connectivity index (χ2n) is 6.23. The van der Waals surface area contributed by atoms with Crippen molar-refractivity contribution < 1.29 is 9.84 Å². The van der Waals surface area contributed by atoms with Crippen LogP contribution in [0.2, 0.25) is 0 Å². The molecule has 3 aromatic carbocycles. The quantitative estimate of drug-likeness (QED) is 0.324. The van der Waals surface area contributed by atoms with E-state index in [1.807, 2.05) is 42.5 Å². The minimum Gasteiger partial charge on any atom is -0.504 e. The van der Waals surface area contributed by atoms with Crippen molar-refractivity contribution in [3.63, 3.8) is 0 Å². The number of methoxy groups -OCH3 is 1. The van der Waals surface area contributed by atoms with Crippen LogP contribution in [0.4, 0.5) is 5.13 Å². The predicted octanol–water partition coefficient (Wildman–Crippen LogP) is 5.64. The SMILES string of the molecule is COc1ccc(/C=N\Nc2nc(-c3ccccc3)c(-c3ccccc3)s2)cc1O. The second-order valence-corrected chi connectivity index (χ2v) is 7.23. The number of rotatable bonds is 6. The fourth-order valence-electron chi connectivity index (χ4n) is 2.89. The summed E-state index contributed by atoms with van der Waals surface area (Å²) in [5.74, 6) is 0.499. The van der Waals surface area contributed by atoms with Crippen molar-refractivity contribution in [3.05, 3.63) is 84.4 Å². The zero-order valence-corrected chi connectivity index (χ0v) is 16.6. The molecule has 0 bridgehead atoms. The van der Waals surface area contributed by atoms with Gasteiger partial charge in [0, 0.05) is 5.56 Å². The first-order valence-electron chi connectivity index (χ1n) is 9.02. The molecule has 29 heavy (non-hydrogen) atoms. The van der Waals surface area contributed by atoms with Gasteiger partial charge in [-0.3, -0.25) is 5.43 Å². The first kappa shape index (κ1) is 18.7. The monoisotopic (exact) mass is 401 g/mol. The standard InChI is InChI=1S/C23H19N3O2S/c1-28-20-13-12-16(14-19(20)27)15-24-26-23-25-21(17-8-4-2-5-9-17)22(29-23)18-10-6-3-7-11-18/h2-15,27H,1H3,(H,25,26)/b24-15-. The molecule has 6 heteroatoms. The Kier molecular flexibility index (Phi) is 5.54. The highest BCUT2D eigenvalue weighted by Crippen LogP contribution is 2.38. The van der Waals surface area contributed by atoms with E-state index in [1.54, 1.807) is 29.7 Å². The van der Waals surface area contributed by atoms with Crippen molar-refractivity contribution in [2.75, 3.05) is 12.5 Å². The van der Waals surface area contributed by atoms with Gasteiger partial charge in [-0.15, -0.1) is 0 Å². The van der Waals surface area contributed by atoms with E-state index in [0.29, 0.717) is 10.9 Å². The van der Waals surface area contributed by atoms with Crippen LogP contribution in [0.1, 0.15) is 5.56 Å². The molecule has 0 atom stereocenters. The molecule has 0 aliphatic heterocycles. The molecular weight excluding hydrogens is 382 g/mol. The summed E-state index contributed by atoms with van der Waals surface area (Å²) >= 11 is 1.55. The van der Waals surface area contributed by atoms with Crippen LogP contribution >= 0.6 is 11.3 Å². The maximum Gasteiger partial charge on any atom is 0.204 e. The van der Waals surface area contributed by atoms with Crippen LogP contribution in [0.15, 0.2) is 84.0 Å². The van der Waals surface area contributed by atoms with Gasteiger partial charge in [-0.05, 0) is 29.3 Å². The summed E-state index contributed by atoms with van der Waals surface area (Å²) in [5.41, 5.74) is 6.84. The van der Waals surface area contributed by atoms with Crippen molar-refractivity contribution in [1.29, 1.82) is 0 Å². The Morgan fingerprint density at radius 1 is 0.966 bits per heavy atom. The highest BCUT2D eigenvalue weighted by molar-refractivity contribution is 7.19. The van der Waals surface area contributed by atoms with Crippen LogP contribution in [-0.4, -0.2) is 23.4 Å². The van der Waals surface area contributed by atoms with Gasteiger partial charge in [-0.1, -0.05) is 72.0 Å². The topological polar surface area (TPSA) is 66.7 Å². The number of hydrogen-bond acceptors (Lipinski definition) is 6. The molecule has 0 saturated carbocycles. The molecule has 0 aliphatic rings. The Labute approximate surface area is 173 Å². The lowest BCUT2D eigenvalue weighted by Crippen LogP contribution is -1.91. The molecule has 4 rings (SSSR count). The van der Waals surface area contributed by atoms with Crippen molar-refractivity contribution in [2.24, 2.45) is 5.10 Å². The summed E-state index contributed by atoms with van der Waals surface area (Å²) in [6.45, 7) is 0. The molecule has 2 N–H and O–H groups in total. The molecule has 1 aromatic heterocycles. The fourth-order valence-corrected chi connectivity index (χ4v) is 3.84. The van der Waals surface area contributed by atoms with Gasteiger partial charge in [0.25, 0.3) is 0 Å². The molecule has 0 fully saturated rings. The third kappa shape index (κ3) is 4.28. The number of phenolic OH excluding ortho intramolecular Hbond substituents is 1. The van der Waals surface area contributed by atoms with Gasteiger partial charge < -0.3 is 9.84 Å². The zero-order valence-electron chi connectivity index (χ0n) is 15.7. The molecular formula is C23H19N3O2S. The lowest BCUT2D eigenvalue weighted by Gasteiger charge is -2.02. The largest absolute Gasteiger partial charge is 0.504 e. The van der Waals surface area contributed by atoms with Crippen LogP contribution < -0.4 is 10.2 Å². The summed E-state index contributed by atoms with van der Waals surface area (Å²) in [6, 6.07) is 25.4. The van der Waals surface area contributed by atoms with E-state index in [9.17, 15) is 5.11 Å². The zero-order chi connectivity index (χ0) is 20.1. The number of nitrogens with zero attached hydrogens (tertiary/aromatic N) is 2. The Balaban J connectivity index is 1.61. The molecule has 0 unspecified atom stereocenters. The van der Waals surface area contributed by atoms with E-state index in [1.165, 1.54) is 7.11 Å². The van der Waals surface area contributed by atoms with E-state index >= 15 is 0 Å². The fraction of sp³-hybridized carbons (Fsp3) is 0.0435. The molecule has 5 nitrogen and oxygen atoms in total. The van der Waals surface area contributed by atoms with Crippen LogP contribution in [0.25, 0.3) is 21.7 Å². The van der Waals surface area contributed by atoms with Gasteiger partial charge in [0.2, 0.25) is 5.13 Å². The summed E-state index contributed by atoms with van der Waals surface area (Å²) in [5, 5.41) is 14.8. The van der Waals surface area contributed by atoms with Crippen LogP contribution in [0.5, 0.6) is 11.5 Å². The van der Waals surface area contributed by atoms with Gasteiger partial charge in [0.15, 0.2) is 11.5 Å². The molecule has 0 spiro atoms. The van der Waals surface area contributed by atoms with Crippen LogP contribution in [0.3, 0.4) is 0 Å². The number of aromatic hydroxyl groups is 1. The third-order valence-electron chi connectivity index (χ3n) is 4.29. The van der Waals surface area contributed by atoms with Gasteiger partial charge in [0.05, 0.1) is 23.9 Å². The summed E-state index contributed by atoms with van der Waals surface area (Å²) in [4.78, 5) is 5.84.